The molecule has 1 atom stereocenters. The number of hydroxylamine groups is 1. The number of hydrogen-bond donors (Lipinski definition) is 0. The van der Waals surface area contributed by atoms with Crippen molar-refractivity contribution < 1.29 is 26.4 Å². The van der Waals surface area contributed by atoms with E-state index in [1.807, 2.05) is 48.2 Å². The summed E-state index contributed by atoms with van der Waals surface area (Å²) in [5, 5.41) is 9.59. The second-order valence-corrected chi connectivity index (χ2v) is 14.4. The molecule has 0 saturated heterocycles. The molecule has 0 bridgehead atoms. The highest BCUT2D eigenvalue weighted by Crippen LogP contribution is 2.31. The fourth-order valence-corrected chi connectivity index (χ4v) is 7.53. The summed E-state index contributed by atoms with van der Waals surface area (Å²) in [5.41, 5.74) is 3.65. The van der Waals surface area contributed by atoms with Gasteiger partial charge in [-0.1, -0.05) is 53.9 Å². The molecule has 10 nitrogen and oxygen atoms in total. The predicted molar refractivity (Wildman–Crippen MR) is 166 cm³/mol. The van der Waals surface area contributed by atoms with Gasteiger partial charge in [-0.05, 0) is 59.9 Å². The molecule has 0 unspecified atom stereocenters. The molecule has 0 aromatic heterocycles. The molecule has 0 radical (unpaired) electrons. The zero-order chi connectivity index (χ0) is 31.0. The molecule has 1 heterocycles. The molecule has 0 saturated carbocycles. The lowest BCUT2D eigenvalue weighted by molar-refractivity contribution is -0.0936. The largest absolute Gasteiger partial charge is 0.497 e. The van der Waals surface area contributed by atoms with Crippen molar-refractivity contribution in [2.45, 2.75) is 39.0 Å². The third kappa shape index (κ3) is 8.55. The molecule has 43 heavy (non-hydrogen) atoms. The van der Waals surface area contributed by atoms with Crippen molar-refractivity contribution >= 4 is 25.7 Å². The molecule has 0 N–H and O–H groups in total. The summed E-state index contributed by atoms with van der Waals surface area (Å²) in [7, 11) is -5.79. The van der Waals surface area contributed by atoms with E-state index in [-0.39, 0.29) is 32.0 Å². The van der Waals surface area contributed by atoms with Gasteiger partial charge in [-0.2, -0.15) is 9.57 Å². The van der Waals surface area contributed by atoms with Gasteiger partial charge in [0.2, 0.25) is 20.0 Å². The van der Waals surface area contributed by atoms with Crippen LogP contribution in [0.1, 0.15) is 35.6 Å². The summed E-state index contributed by atoms with van der Waals surface area (Å²) in [5.74, 6) is 0.690. The standard InChI is InChI=1S/C31H38N4O6S2/c1-4-18-43(38,39)34-22-28-19-27(21-32)12-15-31(28)33(23-29(34)20-25-8-6-5-7-9-25)16-17-35(42(3,36)37)41-24-26-10-13-30(40-2)14-11-26/h5-15,19,29H,4,16-18,20,22-24H2,1-3H3/t29-/m1/s1. The van der Waals surface area contributed by atoms with Gasteiger partial charge < -0.3 is 9.64 Å². The van der Waals surface area contributed by atoms with Crippen LogP contribution in [0, 0.1) is 11.3 Å². The molecule has 230 valence electrons. The van der Waals surface area contributed by atoms with Crippen LogP contribution in [0.15, 0.2) is 72.8 Å². The monoisotopic (exact) mass is 626 g/mol. The summed E-state index contributed by atoms with van der Waals surface area (Å²) < 4.78 is 60.3. The first-order valence-electron chi connectivity index (χ1n) is 14.1. The Morgan fingerprint density at radius 3 is 2.35 bits per heavy atom. The molecule has 12 heteroatoms. The topological polar surface area (TPSA) is 120 Å². The smallest absolute Gasteiger partial charge is 0.233 e. The van der Waals surface area contributed by atoms with Crippen molar-refractivity contribution in [1.82, 2.24) is 8.77 Å². The SMILES string of the molecule is CCCS(=O)(=O)N1Cc2cc(C#N)ccc2N(CCN(OCc2ccc(OC)cc2)S(C)(=O)=O)C[C@H]1Cc1ccccc1. The Bertz CT molecular complexity index is 1620. The van der Waals surface area contributed by atoms with Gasteiger partial charge in [-0.3, -0.25) is 4.84 Å². The Kier molecular flexibility index (Phi) is 10.8. The van der Waals surface area contributed by atoms with Crippen molar-refractivity contribution in [3.05, 3.63) is 95.1 Å². The van der Waals surface area contributed by atoms with Crippen molar-refractivity contribution in [2.24, 2.45) is 0 Å². The highest BCUT2D eigenvalue weighted by atomic mass is 32.2. The van der Waals surface area contributed by atoms with Crippen molar-refractivity contribution in [3.8, 4) is 11.8 Å². The quantitative estimate of drug-likeness (QED) is 0.262. The Balaban J connectivity index is 1.64. The average molecular weight is 627 g/mol. The van der Waals surface area contributed by atoms with E-state index < -0.39 is 26.1 Å². The third-order valence-electron chi connectivity index (χ3n) is 7.30. The van der Waals surface area contributed by atoms with Crippen molar-refractivity contribution in [1.29, 1.82) is 5.26 Å². The van der Waals surface area contributed by atoms with Gasteiger partial charge >= 0.3 is 0 Å². The number of fused-ring (bicyclic) bond motifs is 1. The van der Waals surface area contributed by atoms with E-state index in [0.717, 1.165) is 27.5 Å². The number of rotatable bonds is 13. The molecule has 0 fully saturated rings. The Morgan fingerprint density at radius 1 is 1.00 bits per heavy atom. The summed E-state index contributed by atoms with van der Waals surface area (Å²) >= 11 is 0. The Labute approximate surface area is 255 Å². The van der Waals surface area contributed by atoms with Crippen LogP contribution in [0.4, 0.5) is 5.69 Å². The molecular formula is C31H38N4O6S2. The lowest BCUT2D eigenvalue weighted by Crippen LogP contribution is -2.48. The highest BCUT2D eigenvalue weighted by molar-refractivity contribution is 7.89. The molecule has 3 aromatic rings. The summed E-state index contributed by atoms with van der Waals surface area (Å²) in [6, 6.07) is 23.8. The molecule has 1 aliphatic heterocycles. The third-order valence-corrected chi connectivity index (χ3v) is 10.4. The predicted octanol–water partition coefficient (Wildman–Crippen LogP) is 3.93. The van der Waals surface area contributed by atoms with E-state index in [1.54, 1.807) is 47.8 Å². The van der Waals surface area contributed by atoms with E-state index >= 15 is 0 Å². The first-order chi connectivity index (χ1) is 20.5. The maximum Gasteiger partial charge on any atom is 0.233 e. The number of ether oxygens (including phenoxy) is 1. The lowest BCUT2D eigenvalue weighted by atomic mass is 10.1. The van der Waals surface area contributed by atoms with Gasteiger partial charge in [-0.25, -0.2) is 16.8 Å². The van der Waals surface area contributed by atoms with Gasteiger partial charge in [0.1, 0.15) is 5.75 Å². The number of benzene rings is 3. The fraction of sp³-hybridized carbons (Fsp3) is 0.387. The number of hydrogen-bond acceptors (Lipinski definition) is 8. The van der Waals surface area contributed by atoms with E-state index in [2.05, 4.69) is 6.07 Å². The molecule has 0 aliphatic carbocycles. The van der Waals surface area contributed by atoms with Crippen LogP contribution in [0.3, 0.4) is 0 Å². The van der Waals surface area contributed by atoms with Crippen LogP contribution in [-0.4, -0.2) is 70.4 Å². The highest BCUT2D eigenvalue weighted by Gasteiger charge is 2.35. The van der Waals surface area contributed by atoms with Crippen LogP contribution >= 0.6 is 0 Å². The molecule has 1 aliphatic rings. The van der Waals surface area contributed by atoms with Gasteiger partial charge in [0.05, 0.1) is 43.9 Å². The maximum absolute atomic E-state index is 13.6. The lowest BCUT2D eigenvalue weighted by Gasteiger charge is -2.33. The van der Waals surface area contributed by atoms with Crippen LogP contribution in [0.25, 0.3) is 0 Å². The van der Waals surface area contributed by atoms with E-state index in [4.69, 9.17) is 9.57 Å². The van der Waals surface area contributed by atoms with Gasteiger partial charge in [0.15, 0.2) is 0 Å². The first kappa shape index (κ1) is 32.4. The van der Waals surface area contributed by atoms with Gasteiger partial charge in [0.25, 0.3) is 0 Å². The number of methoxy groups -OCH3 is 1. The van der Waals surface area contributed by atoms with E-state index in [0.29, 0.717) is 36.3 Å². The second-order valence-electron chi connectivity index (χ2n) is 10.5. The van der Waals surface area contributed by atoms with Crippen molar-refractivity contribution in [3.63, 3.8) is 0 Å². The molecule has 4 rings (SSSR count). The number of anilines is 1. The van der Waals surface area contributed by atoms with Crippen LogP contribution in [0.5, 0.6) is 5.75 Å². The molecule has 3 aromatic carbocycles. The zero-order valence-corrected chi connectivity index (χ0v) is 26.4. The Morgan fingerprint density at radius 2 is 1.72 bits per heavy atom. The zero-order valence-electron chi connectivity index (χ0n) is 24.7. The van der Waals surface area contributed by atoms with Crippen LogP contribution in [0.2, 0.25) is 0 Å². The average Bonchev–Trinajstić information content (AvgIpc) is 3.14. The van der Waals surface area contributed by atoms with Crippen LogP contribution in [-0.2, 0) is 44.5 Å². The number of nitriles is 1. The Hall–Kier alpha value is -3.47. The summed E-state index contributed by atoms with van der Waals surface area (Å²) in [6.45, 7) is 2.56. The maximum atomic E-state index is 13.6. The minimum absolute atomic E-state index is 0.00657. The van der Waals surface area contributed by atoms with Crippen LogP contribution < -0.4 is 9.64 Å². The summed E-state index contributed by atoms with van der Waals surface area (Å²) in [6.07, 6.45) is 2.04. The minimum atomic E-state index is -3.74. The van der Waals surface area contributed by atoms with Gasteiger partial charge in [-0.15, -0.1) is 0 Å². The normalized spacial score (nSPS) is 16.0. The van der Waals surface area contributed by atoms with E-state index in [1.165, 1.54) is 0 Å². The number of nitrogens with zero attached hydrogens (tertiary/aromatic N) is 4. The van der Waals surface area contributed by atoms with Crippen molar-refractivity contribution in [2.75, 3.05) is 43.7 Å². The first-order valence-corrected chi connectivity index (χ1v) is 17.5. The molecule has 0 amide bonds. The molecular weight excluding hydrogens is 588 g/mol. The fourth-order valence-electron chi connectivity index (χ4n) is 5.19. The van der Waals surface area contributed by atoms with Gasteiger partial charge in [0, 0.05) is 31.4 Å². The van der Waals surface area contributed by atoms with E-state index in [9.17, 15) is 22.1 Å². The summed E-state index contributed by atoms with van der Waals surface area (Å²) in [4.78, 5) is 7.77. The minimum Gasteiger partial charge on any atom is -0.497 e. The molecule has 0 spiro atoms. The second kappa shape index (κ2) is 14.3. The number of sulfonamides is 2.